The highest BCUT2D eigenvalue weighted by atomic mass is 32.2. The molecule has 1 aliphatic rings. The Balaban J connectivity index is 1.44. The highest BCUT2D eigenvalue weighted by Crippen LogP contribution is 2.29. The van der Waals surface area contributed by atoms with Gasteiger partial charge in [0.25, 0.3) is 0 Å². The van der Waals surface area contributed by atoms with Crippen molar-refractivity contribution in [3.63, 3.8) is 0 Å². The summed E-state index contributed by atoms with van der Waals surface area (Å²) in [5.41, 5.74) is 8.93. The Kier molecular flexibility index (Phi) is 5.85. The fourth-order valence-electron chi connectivity index (χ4n) is 4.53. The van der Waals surface area contributed by atoms with Crippen LogP contribution >= 0.6 is 0 Å². The van der Waals surface area contributed by atoms with E-state index in [4.69, 9.17) is 5.73 Å². The molecule has 1 fully saturated rings. The molecule has 2 N–H and O–H groups in total. The molecule has 4 aromatic rings. The molecule has 0 aliphatic carbocycles. The first-order valence-electron chi connectivity index (χ1n) is 11.1. The first-order valence-corrected chi connectivity index (χ1v) is 12.6. The van der Waals surface area contributed by atoms with Crippen molar-refractivity contribution < 1.29 is 13.2 Å². The van der Waals surface area contributed by atoms with E-state index in [1.54, 1.807) is 54.6 Å². The molecule has 1 saturated heterocycles. The van der Waals surface area contributed by atoms with Crippen LogP contribution in [0.3, 0.4) is 0 Å². The van der Waals surface area contributed by atoms with Gasteiger partial charge >= 0.3 is 0 Å². The van der Waals surface area contributed by atoms with E-state index >= 15 is 0 Å². The fraction of sp³-hybridized carbons (Fsp3) is 0.192. The SMILES string of the molecule is NC(=O)[C@@H]1CCCN1Cc1ccc2c(-c3ccc(S(=O)(=O)c4ccccc4)cc3)ncnc2c1. The second-order valence-corrected chi connectivity index (χ2v) is 10.4. The largest absolute Gasteiger partial charge is 0.368 e. The van der Waals surface area contributed by atoms with Gasteiger partial charge in [0.2, 0.25) is 15.7 Å². The van der Waals surface area contributed by atoms with Gasteiger partial charge < -0.3 is 5.73 Å². The van der Waals surface area contributed by atoms with Crippen LogP contribution in [0.2, 0.25) is 0 Å². The summed E-state index contributed by atoms with van der Waals surface area (Å²) in [6.07, 6.45) is 3.27. The second-order valence-electron chi connectivity index (χ2n) is 8.45. The summed E-state index contributed by atoms with van der Waals surface area (Å²) in [5.74, 6) is -0.277. The normalized spacial score (nSPS) is 16.6. The van der Waals surface area contributed by atoms with Crippen LogP contribution in [0.4, 0.5) is 0 Å². The number of benzene rings is 3. The molecule has 1 aromatic heterocycles. The molecular weight excluding hydrogens is 448 g/mol. The molecule has 7 nitrogen and oxygen atoms in total. The predicted molar refractivity (Wildman–Crippen MR) is 129 cm³/mol. The van der Waals surface area contributed by atoms with Gasteiger partial charge in [-0.1, -0.05) is 42.5 Å². The smallest absolute Gasteiger partial charge is 0.234 e. The number of carbonyl (C=O) groups excluding carboxylic acids is 1. The van der Waals surface area contributed by atoms with Crippen LogP contribution in [0.1, 0.15) is 18.4 Å². The van der Waals surface area contributed by atoms with Crippen molar-refractivity contribution in [2.45, 2.75) is 35.2 Å². The number of carbonyl (C=O) groups is 1. The van der Waals surface area contributed by atoms with Crippen LogP contribution in [0, 0.1) is 0 Å². The van der Waals surface area contributed by atoms with Gasteiger partial charge in [-0.15, -0.1) is 0 Å². The van der Waals surface area contributed by atoms with E-state index in [1.807, 2.05) is 18.2 Å². The Morgan fingerprint density at radius 2 is 1.71 bits per heavy atom. The van der Waals surface area contributed by atoms with Crippen LogP contribution < -0.4 is 5.73 Å². The molecule has 1 aliphatic heterocycles. The summed E-state index contributed by atoms with van der Waals surface area (Å²) in [5, 5.41) is 0.873. The molecule has 3 aromatic carbocycles. The van der Waals surface area contributed by atoms with E-state index in [0.717, 1.165) is 47.1 Å². The zero-order valence-electron chi connectivity index (χ0n) is 18.5. The lowest BCUT2D eigenvalue weighted by atomic mass is 10.0. The maximum atomic E-state index is 12.9. The molecule has 1 atom stereocenters. The van der Waals surface area contributed by atoms with Gasteiger partial charge in [-0.05, 0) is 55.3 Å². The number of nitrogens with two attached hydrogens (primary N) is 1. The van der Waals surface area contributed by atoms with Gasteiger partial charge in [0.05, 0.1) is 27.0 Å². The van der Waals surface area contributed by atoms with E-state index in [1.165, 1.54) is 6.33 Å². The maximum absolute atomic E-state index is 12.9. The lowest BCUT2D eigenvalue weighted by molar-refractivity contribution is -0.122. The van der Waals surface area contributed by atoms with Crippen molar-refractivity contribution in [2.75, 3.05) is 6.54 Å². The average molecular weight is 473 g/mol. The van der Waals surface area contributed by atoms with Crippen molar-refractivity contribution >= 4 is 26.6 Å². The van der Waals surface area contributed by atoms with E-state index in [2.05, 4.69) is 14.9 Å². The number of rotatable bonds is 6. The Morgan fingerprint density at radius 3 is 2.44 bits per heavy atom. The van der Waals surface area contributed by atoms with E-state index in [-0.39, 0.29) is 21.7 Å². The topological polar surface area (TPSA) is 106 Å². The Labute approximate surface area is 198 Å². The number of hydrogen-bond donors (Lipinski definition) is 1. The quantitative estimate of drug-likeness (QED) is 0.460. The van der Waals surface area contributed by atoms with Gasteiger partial charge in [-0.3, -0.25) is 9.69 Å². The molecule has 172 valence electrons. The molecule has 0 saturated carbocycles. The number of likely N-dealkylation sites (tertiary alicyclic amines) is 1. The van der Waals surface area contributed by atoms with Crippen LogP contribution in [0.15, 0.2) is 88.9 Å². The summed E-state index contributed by atoms with van der Waals surface area (Å²) in [7, 11) is -3.58. The van der Waals surface area contributed by atoms with Gasteiger partial charge in [-0.2, -0.15) is 0 Å². The van der Waals surface area contributed by atoms with Crippen LogP contribution in [0.25, 0.3) is 22.2 Å². The highest BCUT2D eigenvalue weighted by Gasteiger charge is 2.28. The number of amides is 1. The molecule has 34 heavy (non-hydrogen) atoms. The standard InChI is InChI=1S/C26H24N4O3S/c27-26(31)24-7-4-14-30(24)16-18-8-13-22-23(15-18)28-17-29-25(22)19-9-11-21(12-10-19)34(32,33)20-5-2-1-3-6-20/h1-3,5-6,8-13,15,17,24H,4,7,14,16H2,(H2,27,31)/t24-/m0/s1. The van der Waals surface area contributed by atoms with Crippen molar-refractivity contribution in [3.05, 3.63) is 84.7 Å². The van der Waals surface area contributed by atoms with Crippen LogP contribution in [0.5, 0.6) is 0 Å². The van der Waals surface area contributed by atoms with Crippen molar-refractivity contribution in [3.8, 4) is 11.3 Å². The van der Waals surface area contributed by atoms with Crippen molar-refractivity contribution in [1.82, 2.24) is 14.9 Å². The molecule has 0 spiro atoms. The molecule has 5 rings (SSSR count). The Morgan fingerprint density at radius 1 is 0.971 bits per heavy atom. The summed E-state index contributed by atoms with van der Waals surface area (Å²) in [6, 6.07) is 20.9. The molecule has 0 unspecified atom stereocenters. The van der Waals surface area contributed by atoms with E-state index < -0.39 is 9.84 Å². The number of sulfone groups is 1. The van der Waals surface area contributed by atoms with Gasteiger partial charge in [0, 0.05) is 17.5 Å². The molecule has 0 radical (unpaired) electrons. The minimum atomic E-state index is -3.58. The third-order valence-corrected chi connectivity index (χ3v) is 8.06. The van der Waals surface area contributed by atoms with Gasteiger partial charge in [-0.25, -0.2) is 18.4 Å². The predicted octanol–water partition coefficient (Wildman–Crippen LogP) is 3.58. The number of fused-ring (bicyclic) bond motifs is 1. The Bertz CT molecular complexity index is 1450. The highest BCUT2D eigenvalue weighted by molar-refractivity contribution is 7.91. The third-order valence-electron chi connectivity index (χ3n) is 6.27. The van der Waals surface area contributed by atoms with Crippen LogP contribution in [-0.2, 0) is 21.2 Å². The first-order chi connectivity index (χ1) is 16.4. The molecule has 1 amide bonds. The minimum Gasteiger partial charge on any atom is -0.368 e. The van der Waals surface area contributed by atoms with Crippen molar-refractivity contribution in [1.29, 1.82) is 0 Å². The van der Waals surface area contributed by atoms with Crippen LogP contribution in [-0.4, -0.2) is 41.8 Å². The number of primary amides is 1. The third kappa shape index (κ3) is 4.18. The lowest BCUT2D eigenvalue weighted by Crippen LogP contribution is -2.39. The maximum Gasteiger partial charge on any atom is 0.234 e. The van der Waals surface area contributed by atoms with E-state index in [9.17, 15) is 13.2 Å². The van der Waals surface area contributed by atoms with E-state index in [0.29, 0.717) is 6.54 Å². The second kappa shape index (κ2) is 8.96. The number of hydrogen-bond acceptors (Lipinski definition) is 6. The zero-order chi connectivity index (χ0) is 23.7. The Hall–Kier alpha value is -3.62. The summed E-state index contributed by atoms with van der Waals surface area (Å²) < 4.78 is 25.8. The first kappa shape index (κ1) is 22.2. The monoisotopic (exact) mass is 472 g/mol. The number of aromatic nitrogens is 2. The number of nitrogens with zero attached hydrogens (tertiary/aromatic N) is 3. The van der Waals surface area contributed by atoms with Gasteiger partial charge in [0.1, 0.15) is 6.33 Å². The lowest BCUT2D eigenvalue weighted by Gasteiger charge is -2.21. The minimum absolute atomic E-state index is 0.220. The zero-order valence-corrected chi connectivity index (χ0v) is 19.3. The van der Waals surface area contributed by atoms with Crippen molar-refractivity contribution in [2.24, 2.45) is 5.73 Å². The summed E-state index contributed by atoms with van der Waals surface area (Å²) in [4.78, 5) is 23.2. The average Bonchev–Trinajstić information content (AvgIpc) is 3.33. The van der Waals surface area contributed by atoms with Gasteiger partial charge in [0.15, 0.2) is 0 Å². The summed E-state index contributed by atoms with van der Waals surface area (Å²) in [6.45, 7) is 1.48. The summed E-state index contributed by atoms with van der Waals surface area (Å²) >= 11 is 0. The molecule has 8 heteroatoms. The fourth-order valence-corrected chi connectivity index (χ4v) is 5.81. The molecular formula is C26H24N4O3S. The molecule has 2 heterocycles. The molecule has 0 bridgehead atoms.